The van der Waals surface area contributed by atoms with Crippen LogP contribution in [0.3, 0.4) is 0 Å². The molecular weight excluding hydrogens is 486 g/mol. The summed E-state index contributed by atoms with van der Waals surface area (Å²) in [6, 6.07) is 17.4. The van der Waals surface area contributed by atoms with E-state index in [0.717, 1.165) is 5.69 Å². The van der Waals surface area contributed by atoms with Crippen molar-refractivity contribution in [3.05, 3.63) is 48.5 Å². The van der Waals surface area contributed by atoms with Crippen LogP contribution in [-0.2, 0) is 0 Å². The van der Waals surface area contributed by atoms with Crippen molar-refractivity contribution in [3.63, 3.8) is 0 Å². The summed E-state index contributed by atoms with van der Waals surface area (Å²) in [7, 11) is 0. The summed E-state index contributed by atoms with van der Waals surface area (Å²) >= 11 is 1.18. The molecule has 0 amide bonds. The van der Waals surface area contributed by atoms with Crippen molar-refractivity contribution in [1.29, 1.82) is 0 Å². The van der Waals surface area contributed by atoms with Crippen LogP contribution in [0.25, 0.3) is 11.1 Å². The number of hydrogen-bond acceptors (Lipinski definition) is 2. The van der Waals surface area contributed by atoms with Gasteiger partial charge in [0.15, 0.2) is 0 Å². The van der Waals surface area contributed by atoms with Crippen molar-refractivity contribution >= 4 is 54.3 Å². The number of alkyl halides is 2. The van der Waals surface area contributed by atoms with Crippen molar-refractivity contribution in [1.82, 2.24) is 0 Å². The second-order valence-electron chi connectivity index (χ2n) is 4.76. The van der Waals surface area contributed by atoms with Gasteiger partial charge in [-0.2, -0.15) is 0 Å². The summed E-state index contributed by atoms with van der Waals surface area (Å²) in [6.45, 7) is 4.59. The molecule has 0 atom stereocenters. The molecule has 4 heteroatoms. The Balaban J connectivity index is 2.07. The Morgan fingerprint density at radius 1 is 0.857 bits per heavy atom. The zero-order valence-electron chi connectivity index (χ0n) is 12.5. The molecule has 114 valence electrons. The second-order valence-corrected chi connectivity index (χ2v) is 11.0. The standard InChI is InChI=1S/C17H22I2N2/c1-3-13-19(4-2)21-17-11-7-15(8-12-17)14-5-9-16(20-18)10-6-14/h5-12,20-21H,3-4,13H2,1-2H3. The van der Waals surface area contributed by atoms with Gasteiger partial charge in [0.05, 0.1) is 0 Å². The molecule has 0 aromatic heterocycles. The van der Waals surface area contributed by atoms with Crippen LogP contribution < -0.4 is 7.06 Å². The summed E-state index contributed by atoms with van der Waals surface area (Å²) in [5.74, 6) is 0. The van der Waals surface area contributed by atoms with E-state index in [1.54, 1.807) is 0 Å². The molecule has 0 aliphatic carbocycles. The number of benzene rings is 2. The Hall–Kier alpha value is -0.500. The minimum atomic E-state index is -0.976. The zero-order valence-corrected chi connectivity index (χ0v) is 16.8. The molecule has 2 rings (SSSR count). The first-order valence-corrected chi connectivity index (χ1v) is 12.4. The van der Waals surface area contributed by atoms with Gasteiger partial charge < -0.3 is 0 Å². The average Bonchev–Trinajstić information content (AvgIpc) is 2.55. The van der Waals surface area contributed by atoms with E-state index >= 15 is 0 Å². The maximum atomic E-state index is 3.77. The number of hydrogen-bond donors (Lipinski definition) is 2. The quantitative estimate of drug-likeness (QED) is 0.258. The Kier molecular flexibility index (Phi) is 7.09. The van der Waals surface area contributed by atoms with E-state index in [4.69, 9.17) is 0 Å². The van der Waals surface area contributed by atoms with Crippen LogP contribution in [0.1, 0.15) is 20.3 Å². The van der Waals surface area contributed by atoms with E-state index in [2.05, 4.69) is 92.3 Å². The molecule has 21 heavy (non-hydrogen) atoms. The molecule has 0 bridgehead atoms. The monoisotopic (exact) mass is 508 g/mol. The summed E-state index contributed by atoms with van der Waals surface area (Å²) in [6.07, 6.45) is 1.29. The molecule has 0 heterocycles. The molecule has 2 N–H and O–H groups in total. The van der Waals surface area contributed by atoms with E-state index in [1.807, 2.05) is 0 Å². The predicted molar refractivity (Wildman–Crippen MR) is 113 cm³/mol. The van der Waals surface area contributed by atoms with Gasteiger partial charge in [-0.1, -0.05) is 0 Å². The predicted octanol–water partition coefficient (Wildman–Crippen LogP) is 6.38. The van der Waals surface area contributed by atoms with Crippen LogP contribution in [0.5, 0.6) is 0 Å². The summed E-state index contributed by atoms with van der Waals surface area (Å²) in [4.78, 5) is 0. The zero-order chi connectivity index (χ0) is 15.1. The van der Waals surface area contributed by atoms with Gasteiger partial charge in [0.1, 0.15) is 0 Å². The molecule has 0 unspecified atom stereocenters. The van der Waals surface area contributed by atoms with E-state index < -0.39 is 20.1 Å². The Morgan fingerprint density at radius 2 is 1.38 bits per heavy atom. The number of halogens is 2. The van der Waals surface area contributed by atoms with Crippen LogP contribution >= 0.6 is 43.0 Å². The van der Waals surface area contributed by atoms with Gasteiger partial charge in [-0.25, -0.2) is 0 Å². The topological polar surface area (TPSA) is 24.1 Å². The first-order valence-electron chi connectivity index (χ1n) is 7.22. The minimum absolute atomic E-state index is 0.976. The fourth-order valence-electron chi connectivity index (χ4n) is 2.08. The fourth-order valence-corrected chi connectivity index (χ4v) is 6.40. The van der Waals surface area contributed by atoms with E-state index in [0.29, 0.717) is 0 Å². The number of nitrogens with one attached hydrogen (secondary N) is 2. The third kappa shape index (κ3) is 5.02. The van der Waals surface area contributed by atoms with Gasteiger partial charge in [0, 0.05) is 0 Å². The SMILES string of the molecule is CCCI(CC)Nc1ccc(-c2ccc(NI)cc2)cc1. The van der Waals surface area contributed by atoms with Crippen LogP contribution in [0.2, 0.25) is 0 Å². The first-order chi connectivity index (χ1) is 10.3. The second kappa shape index (κ2) is 8.82. The van der Waals surface area contributed by atoms with Gasteiger partial charge in [-0.3, -0.25) is 0 Å². The van der Waals surface area contributed by atoms with E-state index in [9.17, 15) is 0 Å². The summed E-state index contributed by atoms with van der Waals surface area (Å²) in [5, 5.41) is 0. The third-order valence-corrected chi connectivity index (χ3v) is 9.43. The maximum absolute atomic E-state index is 3.77. The summed E-state index contributed by atoms with van der Waals surface area (Å²) in [5.41, 5.74) is 4.95. The van der Waals surface area contributed by atoms with Gasteiger partial charge >= 0.3 is 150 Å². The molecule has 2 aromatic carbocycles. The van der Waals surface area contributed by atoms with Crippen LogP contribution in [0.15, 0.2) is 48.5 Å². The molecule has 2 aromatic rings. The van der Waals surface area contributed by atoms with Gasteiger partial charge in [-0.15, -0.1) is 0 Å². The molecule has 0 aliphatic rings. The van der Waals surface area contributed by atoms with Crippen LogP contribution in [0.4, 0.5) is 11.4 Å². The third-order valence-electron chi connectivity index (χ3n) is 3.19. The van der Waals surface area contributed by atoms with Crippen molar-refractivity contribution in [2.24, 2.45) is 0 Å². The summed E-state index contributed by atoms with van der Waals surface area (Å²) < 4.78 is 9.60. The van der Waals surface area contributed by atoms with Crippen molar-refractivity contribution in [2.75, 3.05) is 15.9 Å². The molecule has 2 nitrogen and oxygen atoms in total. The van der Waals surface area contributed by atoms with Crippen molar-refractivity contribution in [2.45, 2.75) is 20.3 Å². The number of anilines is 2. The Morgan fingerprint density at radius 3 is 1.81 bits per heavy atom. The first kappa shape index (κ1) is 16.9. The normalized spacial score (nSPS) is 11.1. The number of rotatable bonds is 7. The van der Waals surface area contributed by atoms with Crippen LogP contribution in [-0.4, -0.2) is 8.86 Å². The Labute approximate surface area is 149 Å². The Bertz CT molecular complexity index is 538. The molecule has 0 radical (unpaired) electrons. The van der Waals surface area contributed by atoms with Gasteiger partial charge in [0.25, 0.3) is 0 Å². The van der Waals surface area contributed by atoms with Gasteiger partial charge in [-0.05, 0) is 0 Å². The van der Waals surface area contributed by atoms with Gasteiger partial charge in [0.2, 0.25) is 0 Å². The van der Waals surface area contributed by atoms with E-state index in [-0.39, 0.29) is 0 Å². The average molecular weight is 508 g/mol. The molecule has 0 fully saturated rings. The van der Waals surface area contributed by atoms with Crippen molar-refractivity contribution < 1.29 is 0 Å². The molecule has 0 saturated carbocycles. The van der Waals surface area contributed by atoms with Crippen LogP contribution in [0, 0.1) is 0 Å². The molecule has 0 saturated heterocycles. The molecule has 0 spiro atoms. The molecular formula is C17H22I2N2. The van der Waals surface area contributed by atoms with Crippen molar-refractivity contribution in [3.8, 4) is 11.1 Å². The van der Waals surface area contributed by atoms with E-state index in [1.165, 1.54) is 32.1 Å². The fraction of sp³-hybridized carbons (Fsp3) is 0.294. The molecule has 0 aliphatic heterocycles.